The average molecular weight is 247 g/mol. The number of aromatic nitrogens is 1. The molecule has 5 nitrogen and oxygen atoms in total. The van der Waals surface area contributed by atoms with Crippen LogP contribution >= 0.6 is 0 Å². The maximum absolute atomic E-state index is 12.3. The monoisotopic (exact) mass is 247 g/mol. The van der Waals surface area contributed by atoms with Crippen molar-refractivity contribution in [1.29, 1.82) is 5.26 Å². The number of hydrogen-bond acceptors (Lipinski definition) is 4. The first-order chi connectivity index (χ1) is 8.66. The Balaban J connectivity index is 2.12. The Labute approximate surface area is 106 Å². The lowest BCUT2D eigenvalue weighted by molar-refractivity contribution is -0.123. The van der Waals surface area contributed by atoms with E-state index in [9.17, 15) is 10.1 Å². The summed E-state index contributed by atoms with van der Waals surface area (Å²) in [4.78, 5) is 12.3. The molecule has 18 heavy (non-hydrogen) atoms. The quantitative estimate of drug-likeness (QED) is 0.815. The average Bonchev–Trinajstić information content (AvgIpc) is 2.65. The van der Waals surface area contributed by atoms with Gasteiger partial charge in [0.1, 0.15) is 5.41 Å². The first kappa shape index (κ1) is 12.6. The van der Waals surface area contributed by atoms with Crippen LogP contribution in [0.15, 0.2) is 10.6 Å². The molecule has 1 aromatic rings. The maximum Gasteiger partial charge on any atom is 0.247 e. The van der Waals surface area contributed by atoms with Gasteiger partial charge in [0.2, 0.25) is 11.8 Å². The van der Waals surface area contributed by atoms with Gasteiger partial charge in [-0.3, -0.25) is 10.1 Å². The lowest BCUT2D eigenvalue weighted by Crippen LogP contribution is -2.34. The summed E-state index contributed by atoms with van der Waals surface area (Å²) in [6.07, 6.45) is 5.30. The second-order valence-electron chi connectivity index (χ2n) is 4.89. The summed E-state index contributed by atoms with van der Waals surface area (Å²) in [6, 6.07) is 3.86. The van der Waals surface area contributed by atoms with Gasteiger partial charge >= 0.3 is 0 Å². The largest absolute Gasteiger partial charge is 0.338 e. The van der Waals surface area contributed by atoms with Crippen LogP contribution < -0.4 is 5.32 Å². The zero-order valence-electron chi connectivity index (χ0n) is 10.5. The number of nitriles is 1. The zero-order valence-corrected chi connectivity index (χ0v) is 10.5. The summed E-state index contributed by atoms with van der Waals surface area (Å²) in [5, 5.41) is 15.7. The van der Waals surface area contributed by atoms with Crippen molar-refractivity contribution in [3.63, 3.8) is 0 Å². The Morgan fingerprint density at radius 2 is 2.11 bits per heavy atom. The van der Waals surface area contributed by atoms with Gasteiger partial charge < -0.3 is 4.52 Å². The summed E-state index contributed by atoms with van der Waals surface area (Å²) in [7, 11) is 0. The fraction of sp³-hybridized carbons (Fsp3) is 0.615. The number of amides is 1. The van der Waals surface area contributed by atoms with Gasteiger partial charge in [0, 0.05) is 6.07 Å². The fourth-order valence-corrected chi connectivity index (χ4v) is 2.38. The van der Waals surface area contributed by atoms with Crippen molar-refractivity contribution in [1.82, 2.24) is 5.16 Å². The minimum absolute atomic E-state index is 0.261. The van der Waals surface area contributed by atoms with Crippen LogP contribution in [0.2, 0.25) is 0 Å². The molecule has 0 unspecified atom stereocenters. The van der Waals surface area contributed by atoms with E-state index in [1.807, 2.05) is 0 Å². The van der Waals surface area contributed by atoms with Gasteiger partial charge in [0.05, 0.1) is 11.8 Å². The molecule has 1 fully saturated rings. The van der Waals surface area contributed by atoms with E-state index in [-0.39, 0.29) is 5.91 Å². The SMILES string of the molecule is Cc1cc(NC(=O)C2(C#N)CCCCCC2)on1. The highest BCUT2D eigenvalue weighted by atomic mass is 16.5. The maximum atomic E-state index is 12.3. The number of nitrogens with zero attached hydrogens (tertiary/aromatic N) is 2. The fourth-order valence-electron chi connectivity index (χ4n) is 2.38. The van der Waals surface area contributed by atoms with Gasteiger partial charge in [-0.25, -0.2) is 0 Å². The molecule has 0 saturated heterocycles. The highest BCUT2D eigenvalue weighted by Crippen LogP contribution is 2.35. The minimum Gasteiger partial charge on any atom is -0.338 e. The Morgan fingerprint density at radius 3 is 2.61 bits per heavy atom. The third kappa shape index (κ3) is 2.53. The first-order valence-electron chi connectivity index (χ1n) is 6.32. The number of anilines is 1. The molecule has 5 heteroatoms. The smallest absolute Gasteiger partial charge is 0.247 e. The second kappa shape index (κ2) is 5.21. The van der Waals surface area contributed by atoms with Gasteiger partial charge in [-0.2, -0.15) is 5.26 Å². The number of nitrogens with one attached hydrogen (secondary N) is 1. The molecule has 0 spiro atoms. The van der Waals surface area contributed by atoms with Gasteiger partial charge in [-0.15, -0.1) is 0 Å². The summed E-state index contributed by atoms with van der Waals surface area (Å²) < 4.78 is 4.96. The van der Waals surface area contributed by atoms with Crippen LogP contribution in [-0.4, -0.2) is 11.1 Å². The van der Waals surface area contributed by atoms with E-state index < -0.39 is 5.41 Å². The number of carbonyl (C=O) groups is 1. The summed E-state index contributed by atoms with van der Waals surface area (Å²) in [6.45, 7) is 1.78. The number of aryl methyl sites for hydroxylation is 1. The predicted octanol–water partition coefficient (Wildman–Crippen LogP) is 2.79. The zero-order chi connectivity index (χ0) is 13.0. The lowest BCUT2D eigenvalue weighted by atomic mass is 9.81. The molecule has 1 aliphatic carbocycles. The molecule has 1 N–H and O–H groups in total. The van der Waals surface area contributed by atoms with Gasteiger partial charge in [0.15, 0.2) is 0 Å². The van der Waals surface area contributed by atoms with Crippen molar-refractivity contribution in [2.24, 2.45) is 5.41 Å². The molecule has 2 rings (SSSR count). The van der Waals surface area contributed by atoms with Gasteiger partial charge in [-0.1, -0.05) is 30.8 Å². The Morgan fingerprint density at radius 1 is 1.44 bits per heavy atom. The predicted molar refractivity (Wildman–Crippen MR) is 65.6 cm³/mol. The van der Waals surface area contributed by atoms with E-state index in [1.165, 1.54) is 0 Å². The standard InChI is InChI=1S/C13H17N3O2/c1-10-8-11(18-16-10)15-12(17)13(9-14)6-4-2-3-5-7-13/h8H,2-7H2,1H3,(H,15,17). The first-order valence-corrected chi connectivity index (χ1v) is 6.32. The number of carbonyl (C=O) groups excluding carboxylic acids is 1. The normalized spacial score (nSPS) is 18.7. The van der Waals surface area contributed by atoms with Crippen LogP contribution in [0.3, 0.4) is 0 Å². The molecule has 0 aliphatic heterocycles. The van der Waals surface area contributed by atoms with Crippen LogP contribution in [0.25, 0.3) is 0 Å². The molecule has 1 amide bonds. The van der Waals surface area contributed by atoms with Crippen molar-refractivity contribution < 1.29 is 9.32 Å². The molecular weight excluding hydrogens is 230 g/mol. The van der Waals surface area contributed by atoms with Crippen LogP contribution in [-0.2, 0) is 4.79 Å². The molecule has 1 heterocycles. The van der Waals surface area contributed by atoms with E-state index >= 15 is 0 Å². The molecule has 1 saturated carbocycles. The molecule has 96 valence electrons. The lowest BCUT2D eigenvalue weighted by Gasteiger charge is -2.22. The highest BCUT2D eigenvalue weighted by molar-refractivity contribution is 5.96. The van der Waals surface area contributed by atoms with Crippen LogP contribution in [0.1, 0.15) is 44.2 Å². The number of rotatable bonds is 2. The van der Waals surface area contributed by atoms with E-state index in [1.54, 1.807) is 13.0 Å². The van der Waals surface area contributed by atoms with Crippen molar-refractivity contribution in [2.45, 2.75) is 45.4 Å². The Kier molecular flexibility index (Phi) is 3.66. The molecule has 0 bridgehead atoms. The third-order valence-electron chi connectivity index (χ3n) is 3.47. The van der Waals surface area contributed by atoms with E-state index in [4.69, 9.17) is 4.52 Å². The Bertz CT molecular complexity index is 465. The van der Waals surface area contributed by atoms with E-state index in [2.05, 4.69) is 16.5 Å². The molecule has 1 aromatic heterocycles. The van der Waals surface area contributed by atoms with Crippen molar-refractivity contribution in [3.05, 3.63) is 11.8 Å². The molecule has 0 aromatic carbocycles. The topological polar surface area (TPSA) is 78.9 Å². The van der Waals surface area contributed by atoms with Crippen molar-refractivity contribution in [3.8, 4) is 6.07 Å². The van der Waals surface area contributed by atoms with Crippen LogP contribution in [0.4, 0.5) is 5.88 Å². The summed E-state index contributed by atoms with van der Waals surface area (Å²) in [5.41, 5.74) is -0.200. The molecule has 0 atom stereocenters. The minimum atomic E-state index is -0.906. The van der Waals surface area contributed by atoms with Crippen LogP contribution in [0, 0.1) is 23.7 Å². The van der Waals surface area contributed by atoms with Crippen LogP contribution in [0.5, 0.6) is 0 Å². The van der Waals surface area contributed by atoms with E-state index in [0.29, 0.717) is 24.4 Å². The summed E-state index contributed by atoms with van der Waals surface area (Å²) >= 11 is 0. The highest BCUT2D eigenvalue weighted by Gasteiger charge is 2.39. The molecule has 0 radical (unpaired) electrons. The van der Waals surface area contributed by atoms with Crippen molar-refractivity contribution >= 4 is 11.8 Å². The van der Waals surface area contributed by atoms with Gasteiger partial charge in [0.25, 0.3) is 0 Å². The second-order valence-corrected chi connectivity index (χ2v) is 4.89. The molecular formula is C13H17N3O2. The molecule has 1 aliphatic rings. The summed E-state index contributed by atoms with van der Waals surface area (Å²) in [5.74, 6) is 0.0550. The van der Waals surface area contributed by atoms with Gasteiger partial charge in [-0.05, 0) is 19.8 Å². The number of hydrogen-bond donors (Lipinski definition) is 1. The van der Waals surface area contributed by atoms with Crippen molar-refractivity contribution in [2.75, 3.05) is 5.32 Å². The Hall–Kier alpha value is -1.83. The third-order valence-corrected chi connectivity index (χ3v) is 3.47. The van der Waals surface area contributed by atoms with E-state index in [0.717, 1.165) is 25.7 Å².